The van der Waals surface area contributed by atoms with E-state index < -0.39 is 11.0 Å². The Morgan fingerprint density at radius 1 is 0.949 bits per heavy atom. The third-order valence-corrected chi connectivity index (χ3v) is 6.52. The number of amides is 2. The summed E-state index contributed by atoms with van der Waals surface area (Å²) in [7, 11) is 0. The van der Waals surface area contributed by atoms with E-state index in [0.717, 1.165) is 11.1 Å². The van der Waals surface area contributed by atoms with Gasteiger partial charge in [-0.15, -0.1) is 0 Å². The highest BCUT2D eigenvalue weighted by atomic mass is 79.9. The maximum atomic E-state index is 13.5. The zero-order valence-corrected chi connectivity index (χ0v) is 22.1. The number of anilines is 1. The Morgan fingerprint density at radius 3 is 2.33 bits per heavy atom. The lowest BCUT2D eigenvalue weighted by Gasteiger charge is -2.21. The fraction of sp³-hybridized carbons (Fsp3) is 0.0690. The van der Waals surface area contributed by atoms with E-state index in [4.69, 9.17) is 4.42 Å². The molecule has 39 heavy (non-hydrogen) atoms. The molecule has 0 bridgehead atoms. The second kappa shape index (κ2) is 11.7. The topological polar surface area (TPSA) is 114 Å². The van der Waals surface area contributed by atoms with Gasteiger partial charge in [-0.3, -0.25) is 10.1 Å². The summed E-state index contributed by atoms with van der Waals surface area (Å²) >= 11 is 3.41. The summed E-state index contributed by atoms with van der Waals surface area (Å²) in [6.07, 6.45) is 0. The minimum absolute atomic E-state index is 0.0309. The minimum Gasteiger partial charge on any atom is -0.406 e. The predicted octanol–water partition coefficient (Wildman–Crippen LogP) is 6.65. The van der Waals surface area contributed by atoms with E-state index in [1.165, 1.54) is 17.0 Å². The van der Waals surface area contributed by atoms with Crippen LogP contribution in [0.3, 0.4) is 0 Å². The maximum absolute atomic E-state index is 13.5. The summed E-state index contributed by atoms with van der Waals surface area (Å²) in [6.45, 7) is 0.507. The quantitative estimate of drug-likeness (QED) is 0.170. The Hall–Kier alpha value is -4.83. The number of hydrogen-bond donors (Lipinski definition) is 1. The van der Waals surface area contributed by atoms with Crippen molar-refractivity contribution in [3.05, 3.63) is 134 Å². The first-order valence-electron chi connectivity index (χ1n) is 12.0. The number of halogens is 1. The van der Waals surface area contributed by atoms with Crippen LogP contribution in [0.25, 0.3) is 10.9 Å². The number of urea groups is 1. The van der Waals surface area contributed by atoms with Crippen molar-refractivity contribution in [3.8, 4) is 0 Å². The van der Waals surface area contributed by atoms with Crippen LogP contribution < -0.4 is 15.8 Å². The number of benzene rings is 4. The summed E-state index contributed by atoms with van der Waals surface area (Å²) in [4.78, 5) is 35.0. The Morgan fingerprint density at radius 2 is 1.62 bits per heavy atom. The van der Waals surface area contributed by atoms with Crippen LogP contribution in [-0.2, 0) is 13.1 Å². The molecule has 10 heteroatoms. The average Bonchev–Trinajstić information content (AvgIpc) is 2.96. The lowest BCUT2D eigenvalue weighted by Crippen LogP contribution is -2.40. The molecular weight excluding hydrogens is 562 g/mol. The van der Waals surface area contributed by atoms with Crippen molar-refractivity contribution in [3.63, 3.8) is 0 Å². The number of para-hydroxylation sites is 1. The van der Waals surface area contributed by atoms with Gasteiger partial charge < -0.3 is 9.73 Å². The predicted molar refractivity (Wildman–Crippen MR) is 151 cm³/mol. The van der Waals surface area contributed by atoms with Crippen molar-refractivity contribution in [1.29, 1.82) is 0 Å². The van der Waals surface area contributed by atoms with Crippen LogP contribution in [0.2, 0.25) is 0 Å². The van der Waals surface area contributed by atoms with E-state index in [1.54, 1.807) is 18.2 Å². The van der Waals surface area contributed by atoms with Crippen LogP contribution in [0.5, 0.6) is 0 Å². The number of non-ortho nitro benzene ring substituents is 1. The van der Waals surface area contributed by atoms with Crippen molar-refractivity contribution < 1.29 is 14.1 Å². The summed E-state index contributed by atoms with van der Waals surface area (Å²) in [5.74, 6) is 0. The molecule has 0 radical (unpaired) electrons. The second-order valence-corrected chi connectivity index (χ2v) is 9.39. The zero-order valence-electron chi connectivity index (χ0n) is 20.5. The van der Waals surface area contributed by atoms with Crippen LogP contribution in [0.1, 0.15) is 11.1 Å². The van der Waals surface area contributed by atoms with Crippen molar-refractivity contribution in [2.24, 2.45) is 4.99 Å². The standard InChI is InChI=1S/C29H22BrN5O4/c30-24-16-15-22(35(37)38)17-26(24)32-27-23-13-7-8-14-25(23)33-29(39-27)34(19-21-11-5-2-6-12-21)28(36)31-18-20-9-3-1-4-10-20/h1-17H,18-19H2,(H,31,36). The fourth-order valence-electron chi connectivity index (χ4n) is 3.89. The number of nitro benzene ring substituents is 1. The molecule has 0 fully saturated rings. The van der Waals surface area contributed by atoms with Crippen molar-refractivity contribution >= 4 is 50.3 Å². The van der Waals surface area contributed by atoms with Gasteiger partial charge in [-0.1, -0.05) is 72.8 Å². The highest BCUT2D eigenvalue weighted by Crippen LogP contribution is 2.29. The summed E-state index contributed by atoms with van der Waals surface area (Å²) in [5.41, 5.74) is 2.72. The largest absolute Gasteiger partial charge is 0.406 e. The number of nitro groups is 1. The summed E-state index contributed by atoms with van der Waals surface area (Å²) in [5, 5.41) is 14.9. The van der Waals surface area contributed by atoms with Crippen molar-refractivity contribution in [1.82, 2.24) is 10.3 Å². The molecule has 0 unspecified atom stereocenters. The highest BCUT2D eigenvalue weighted by molar-refractivity contribution is 9.10. The number of fused-ring (bicyclic) bond motifs is 1. The van der Waals surface area contributed by atoms with Gasteiger partial charge in [0.15, 0.2) is 0 Å². The second-order valence-electron chi connectivity index (χ2n) is 8.54. The van der Waals surface area contributed by atoms with Gasteiger partial charge in [0, 0.05) is 23.2 Å². The molecule has 1 N–H and O–H groups in total. The van der Waals surface area contributed by atoms with E-state index in [9.17, 15) is 14.9 Å². The number of nitrogens with zero attached hydrogens (tertiary/aromatic N) is 4. The smallest absolute Gasteiger partial charge is 0.326 e. The molecule has 1 aromatic heterocycles. The molecular formula is C29H22BrN5O4. The number of rotatable bonds is 7. The number of hydrogen-bond acceptors (Lipinski definition) is 6. The lowest BCUT2D eigenvalue weighted by atomic mass is 10.2. The monoisotopic (exact) mass is 583 g/mol. The van der Waals surface area contributed by atoms with Gasteiger partial charge >= 0.3 is 12.0 Å². The maximum Gasteiger partial charge on any atom is 0.326 e. The van der Waals surface area contributed by atoms with Gasteiger partial charge in [0.25, 0.3) is 5.69 Å². The molecule has 5 aromatic rings. The van der Waals surface area contributed by atoms with Crippen LogP contribution in [0.15, 0.2) is 117 Å². The molecule has 0 saturated carbocycles. The highest BCUT2D eigenvalue weighted by Gasteiger charge is 2.21. The van der Waals surface area contributed by atoms with E-state index in [0.29, 0.717) is 27.6 Å². The molecule has 0 aliphatic rings. The van der Waals surface area contributed by atoms with E-state index in [2.05, 4.69) is 31.2 Å². The zero-order chi connectivity index (χ0) is 27.2. The number of carbonyl (C=O) groups is 1. The lowest BCUT2D eigenvalue weighted by molar-refractivity contribution is -0.384. The van der Waals surface area contributed by atoms with Gasteiger partial charge in [-0.25, -0.2) is 14.7 Å². The van der Waals surface area contributed by atoms with Crippen LogP contribution in [0.4, 0.5) is 22.2 Å². The Kier molecular flexibility index (Phi) is 7.74. The third-order valence-electron chi connectivity index (χ3n) is 5.85. The number of aromatic nitrogens is 1. The number of carbonyl (C=O) groups excluding carboxylic acids is 1. The Balaban J connectivity index is 1.61. The average molecular weight is 584 g/mol. The van der Waals surface area contributed by atoms with Crippen LogP contribution in [-0.4, -0.2) is 15.9 Å². The fourth-order valence-corrected chi connectivity index (χ4v) is 4.22. The molecule has 0 aliphatic carbocycles. The first kappa shape index (κ1) is 25.8. The van der Waals surface area contributed by atoms with Gasteiger partial charge in [0.05, 0.1) is 28.1 Å². The van der Waals surface area contributed by atoms with Gasteiger partial charge in [-0.05, 0) is 45.3 Å². The van der Waals surface area contributed by atoms with Gasteiger partial charge in [0.1, 0.15) is 0 Å². The van der Waals surface area contributed by atoms with Crippen molar-refractivity contribution in [2.75, 3.05) is 4.90 Å². The summed E-state index contributed by atoms with van der Waals surface area (Å²) in [6, 6.07) is 30.2. The van der Waals surface area contributed by atoms with Crippen LogP contribution in [0, 0.1) is 10.1 Å². The minimum atomic E-state index is -0.489. The van der Waals surface area contributed by atoms with Crippen molar-refractivity contribution in [2.45, 2.75) is 13.1 Å². The van der Waals surface area contributed by atoms with Gasteiger partial charge in [-0.2, -0.15) is 4.98 Å². The molecule has 4 aromatic carbocycles. The molecule has 0 saturated heterocycles. The van der Waals surface area contributed by atoms with E-state index in [1.807, 2.05) is 72.8 Å². The first-order valence-corrected chi connectivity index (χ1v) is 12.8. The third kappa shape index (κ3) is 6.19. The van der Waals surface area contributed by atoms with E-state index >= 15 is 0 Å². The molecule has 2 amide bonds. The Bertz CT molecular complexity index is 1710. The molecule has 0 spiro atoms. The molecule has 194 valence electrons. The number of nitrogens with one attached hydrogen (secondary N) is 1. The van der Waals surface area contributed by atoms with Gasteiger partial charge in [0.2, 0.25) is 5.55 Å². The normalized spacial score (nSPS) is 11.4. The molecule has 1 heterocycles. The van der Waals surface area contributed by atoms with Crippen LogP contribution >= 0.6 is 15.9 Å². The summed E-state index contributed by atoms with van der Waals surface area (Å²) < 4.78 is 6.70. The molecule has 5 rings (SSSR count). The van der Waals surface area contributed by atoms with E-state index in [-0.39, 0.29) is 23.8 Å². The molecule has 0 atom stereocenters. The molecule has 9 nitrogen and oxygen atoms in total. The first-order chi connectivity index (χ1) is 19.0. The molecule has 0 aliphatic heterocycles. The Labute approximate surface area is 231 Å². The SMILES string of the molecule is O=C(NCc1ccccc1)N(Cc1ccccc1)c1nc2ccccc2c(=Nc2cc([N+](=O)[O-])ccc2Br)o1.